The number of benzene rings is 1. The third-order valence-corrected chi connectivity index (χ3v) is 3.30. The molecule has 0 saturated carbocycles. The van der Waals surface area contributed by atoms with E-state index in [0.29, 0.717) is 13.2 Å². The number of aromatic nitrogens is 1. The maximum atomic E-state index is 5.60. The minimum absolute atomic E-state index is 0.523. The molecule has 2 N–H and O–H groups in total. The molecule has 0 radical (unpaired) electrons. The van der Waals surface area contributed by atoms with Crippen LogP contribution in [0.25, 0.3) is 17.0 Å². The van der Waals surface area contributed by atoms with E-state index >= 15 is 0 Å². The molecule has 0 atom stereocenters. The number of rotatable bonds is 6. The first-order chi connectivity index (χ1) is 10.2. The second kappa shape index (κ2) is 7.62. The van der Waals surface area contributed by atoms with E-state index in [0.717, 1.165) is 5.57 Å². The fourth-order valence-corrected chi connectivity index (χ4v) is 2.20. The van der Waals surface area contributed by atoms with Crippen LogP contribution in [-0.4, -0.2) is 24.8 Å². The Kier molecular flexibility index (Phi) is 5.55. The fraction of sp³-hybridized carbons (Fsp3) is 0.222. The zero-order chi connectivity index (χ0) is 15.1. The Bertz CT molecular complexity index is 678. The van der Waals surface area contributed by atoms with Gasteiger partial charge in [0.1, 0.15) is 0 Å². The number of aryl methyl sites for hydroxylation is 1. The molecule has 0 unspecified atom stereocenters. The van der Waals surface area contributed by atoms with Gasteiger partial charge in [0.05, 0.1) is 6.61 Å². The van der Waals surface area contributed by atoms with Crippen molar-refractivity contribution in [3.8, 4) is 0 Å². The predicted octanol–water partition coefficient (Wildman–Crippen LogP) is 3.28. The van der Waals surface area contributed by atoms with E-state index in [-0.39, 0.29) is 0 Å². The summed E-state index contributed by atoms with van der Waals surface area (Å²) in [6.45, 7) is 1.13. The van der Waals surface area contributed by atoms with Gasteiger partial charge in [0.25, 0.3) is 0 Å². The van der Waals surface area contributed by atoms with Crippen molar-refractivity contribution in [3.05, 3.63) is 65.9 Å². The van der Waals surface area contributed by atoms with Crippen LogP contribution in [0.1, 0.15) is 5.56 Å². The summed E-state index contributed by atoms with van der Waals surface area (Å²) in [5.41, 5.74) is 9.11. The second-order valence-electron chi connectivity index (χ2n) is 4.88. The molecule has 0 aliphatic carbocycles. The molecule has 2 rings (SSSR count). The summed E-state index contributed by atoms with van der Waals surface area (Å²) in [7, 11) is 3.74. The number of fused-ring (bicyclic) bond motifs is 1. The first-order valence-electron chi connectivity index (χ1n) is 7.03. The van der Waals surface area contributed by atoms with E-state index in [4.69, 9.17) is 10.5 Å². The summed E-state index contributed by atoms with van der Waals surface area (Å²) < 4.78 is 7.13. The Morgan fingerprint density at radius 2 is 2.14 bits per heavy atom. The number of nitrogens with two attached hydrogens (primary N) is 1. The van der Waals surface area contributed by atoms with Gasteiger partial charge in [0.15, 0.2) is 0 Å². The quantitative estimate of drug-likeness (QED) is 0.826. The van der Waals surface area contributed by atoms with Gasteiger partial charge in [-0.2, -0.15) is 0 Å². The molecule has 3 nitrogen and oxygen atoms in total. The van der Waals surface area contributed by atoms with Crippen LogP contribution in [0.3, 0.4) is 0 Å². The molecule has 2 aromatic rings. The number of methoxy groups -OCH3 is 1. The Hall–Kier alpha value is -2.10. The van der Waals surface area contributed by atoms with Crippen LogP contribution in [0.5, 0.6) is 0 Å². The van der Waals surface area contributed by atoms with Crippen molar-refractivity contribution >= 4 is 17.0 Å². The third-order valence-electron chi connectivity index (χ3n) is 3.30. The van der Waals surface area contributed by atoms with Gasteiger partial charge in [-0.25, -0.2) is 0 Å². The maximum Gasteiger partial charge on any atom is 0.0646 e. The lowest BCUT2D eigenvalue weighted by molar-refractivity contribution is 0.234. The largest absolute Gasteiger partial charge is 0.381 e. The summed E-state index contributed by atoms with van der Waals surface area (Å²) in [5, 5.41) is 1.25. The summed E-state index contributed by atoms with van der Waals surface area (Å²) in [4.78, 5) is 0. The zero-order valence-corrected chi connectivity index (χ0v) is 12.6. The summed E-state index contributed by atoms with van der Waals surface area (Å²) >= 11 is 0. The monoisotopic (exact) mass is 282 g/mol. The van der Waals surface area contributed by atoms with Crippen molar-refractivity contribution in [3.63, 3.8) is 0 Å². The lowest BCUT2D eigenvalue weighted by Crippen LogP contribution is -1.94. The molecule has 0 amide bonds. The first kappa shape index (κ1) is 15.3. The Balaban J connectivity index is 2.17. The Morgan fingerprint density at radius 1 is 1.29 bits per heavy atom. The van der Waals surface area contributed by atoms with Gasteiger partial charge in [-0.1, -0.05) is 36.4 Å². The highest BCUT2D eigenvalue weighted by molar-refractivity contribution is 5.82. The number of allylic oxidation sites excluding steroid dienone is 3. The number of ether oxygens (including phenoxy) is 1. The SMILES string of the molecule is COC\C=C/C(=C\CN)/C=C/c1ccc2c(ccn2C)c1. The van der Waals surface area contributed by atoms with E-state index in [1.54, 1.807) is 7.11 Å². The van der Waals surface area contributed by atoms with Crippen molar-refractivity contribution < 1.29 is 4.74 Å². The van der Waals surface area contributed by atoms with Crippen molar-refractivity contribution in [1.29, 1.82) is 0 Å². The topological polar surface area (TPSA) is 40.2 Å². The molecule has 21 heavy (non-hydrogen) atoms. The van der Waals surface area contributed by atoms with E-state index in [1.165, 1.54) is 16.5 Å². The van der Waals surface area contributed by atoms with Gasteiger partial charge in [-0.05, 0) is 29.3 Å². The molecule has 0 bridgehead atoms. The molecule has 0 saturated heterocycles. The molecule has 0 aliphatic rings. The third kappa shape index (κ3) is 4.18. The summed E-state index contributed by atoms with van der Waals surface area (Å²) in [6.07, 6.45) is 12.2. The zero-order valence-electron chi connectivity index (χ0n) is 12.6. The van der Waals surface area contributed by atoms with Crippen LogP contribution in [-0.2, 0) is 11.8 Å². The lowest BCUT2D eigenvalue weighted by atomic mass is 10.1. The molecule has 1 heterocycles. The average molecular weight is 282 g/mol. The Labute approximate surface area is 126 Å². The number of nitrogens with zero attached hydrogens (tertiary/aromatic N) is 1. The van der Waals surface area contributed by atoms with Crippen LogP contribution < -0.4 is 5.73 Å². The molecule has 110 valence electrons. The van der Waals surface area contributed by atoms with Gasteiger partial charge in [0, 0.05) is 37.8 Å². The standard InChI is InChI=1S/C18H22N2O/c1-20-12-10-17-14-16(7-8-18(17)20)6-5-15(9-11-19)4-3-13-21-2/h3-10,12,14H,11,13,19H2,1-2H3/b4-3-,6-5+,15-9+. The molecule has 1 aromatic heterocycles. The molecule has 1 aromatic carbocycles. The minimum Gasteiger partial charge on any atom is -0.381 e. The molecule has 0 spiro atoms. The van der Waals surface area contributed by atoms with Gasteiger partial charge >= 0.3 is 0 Å². The lowest BCUT2D eigenvalue weighted by Gasteiger charge is -1.99. The maximum absolute atomic E-state index is 5.60. The van der Waals surface area contributed by atoms with E-state index in [1.807, 2.05) is 18.2 Å². The van der Waals surface area contributed by atoms with E-state index < -0.39 is 0 Å². The molecular formula is C18H22N2O. The van der Waals surface area contributed by atoms with Crippen LogP contribution in [0, 0.1) is 0 Å². The van der Waals surface area contributed by atoms with Crippen molar-refractivity contribution in [2.45, 2.75) is 0 Å². The van der Waals surface area contributed by atoms with E-state index in [9.17, 15) is 0 Å². The predicted molar refractivity (Wildman–Crippen MR) is 90.1 cm³/mol. The smallest absolute Gasteiger partial charge is 0.0646 e. The van der Waals surface area contributed by atoms with Crippen LogP contribution >= 0.6 is 0 Å². The van der Waals surface area contributed by atoms with Gasteiger partial charge in [-0.3, -0.25) is 0 Å². The summed E-state index contributed by atoms with van der Waals surface area (Å²) in [5.74, 6) is 0. The van der Waals surface area contributed by atoms with Gasteiger partial charge in [-0.15, -0.1) is 0 Å². The van der Waals surface area contributed by atoms with Crippen molar-refractivity contribution in [1.82, 2.24) is 4.57 Å². The highest BCUT2D eigenvalue weighted by Gasteiger charge is 1.97. The average Bonchev–Trinajstić information content (AvgIpc) is 2.86. The number of hydrogen-bond donors (Lipinski definition) is 1. The number of hydrogen-bond acceptors (Lipinski definition) is 2. The van der Waals surface area contributed by atoms with Crippen LogP contribution in [0.4, 0.5) is 0 Å². The van der Waals surface area contributed by atoms with Gasteiger partial charge < -0.3 is 15.0 Å². The van der Waals surface area contributed by atoms with Crippen molar-refractivity contribution in [2.24, 2.45) is 12.8 Å². The summed E-state index contributed by atoms with van der Waals surface area (Å²) in [6, 6.07) is 8.58. The minimum atomic E-state index is 0.523. The normalized spacial score (nSPS) is 13.0. The fourth-order valence-electron chi connectivity index (χ4n) is 2.20. The van der Waals surface area contributed by atoms with E-state index in [2.05, 4.69) is 54.2 Å². The van der Waals surface area contributed by atoms with Crippen LogP contribution in [0.15, 0.2) is 60.3 Å². The van der Waals surface area contributed by atoms with Crippen LogP contribution in [0.2, 0.25) is 0 Å². The highest BCUT2D eigenvalue weighted by Crippen LogP contribution is 2.18. The first-order valence-corrected chi connectivity index (χ1v) is 7.03. The second-order valence-corrected chi connectivity index (χ2v) is 4.88. The highest BCUT2D eigenvalue weighted by atomic mass is 16.5. The molecule has 3 heteroatoms. The Morgan fingerprint density at radius 3 is 2.90 bits per heavy atom. The van der Waals surface area contributed by atoms with Gasteiger partial charge in [0.2, 0.25) is 0 Å². The van der Waals surface area contributed by atoms with Crippen molar-refractivity contribution in [2.75, 3.05) is 20.3 Å². The molecule has 0 fully saturated rings. The molecule has 0 aliphatic heterocycles. The molecular weight excluding hydrogens is 260 g/mol.